The Bertz CT molecular complexity index is 429. The van der Waals surface area contributed by atoms with E-state index in [9.17, 15) is 4.79 Å². The maximum atomic E-state index is 11.8. The van der Waals surface area contributed by atoms with Gasteiger partial charge in [-0.05, 0) is 22.0 Å². The van der Waals surface area contributed by atoms with Crippen molar-refractivity contribution in [3.8, 4) is 17.2 Å². The summed E-state index contributed by atoms with van der Waals surface area (Å²) in [7, 11) is 4.56. The third-order valence-electron chi connectivity index (χ3n) is 2.39. The van der Waals surface area contributed by atoms with Crippen molar-refractivity contribution in [3.05, 3.63) is 16.1 Å². The highest BCUT2D eigenvalue weighted by Gasteiger charge is 2.21. The molecule has 0 heterocycles. The fourth-order valence-corrected chi connectivity index (χ4v) is 2.19. The first-order valence-electron chi connectivity index (χ1n) is 5.12. The van der Waals surface area contributed by atoms with Crippen molar-refractivity contribution in [2.75, 3.05) is 21.3 Å². The van der Waals surface area contributed by atoms with Crippen LogP contribution in [0.2, 0.25) is 0 Å². The third-order valence-corrected chi connectivity index (χ3v) is 3.18. The van der Waals surface area contributed by atoms with Gasteiger partial charge in [-0.3, -0.25) is 4.79 Å². The molecule has 0 aliphatic heterocycles. The SMILES string of the molecule is CCC(=O)c1cc(OC)c(OC)c(OC)c1Br. The number of ether oxygens (including phenoxy) is 3. The molecule has 0 aliphatic carbocycles. The summed E-state index contributed by atoms with van der Waals surface area (Å²) in [4.78, 5) is 11.8. The number of rotatable bonds is 5. The summed E-state index contributed by atoms with van der Waals surface area (Å²) in [5.41, 5.74) is 0.530. The fourth-order valence-electron chi connectivity index (χ4n) is 1.51. The first-order chi connectivity index (χ1) is 8.10. The first-order valence-corrected chi connectivity index (χ1v) is 5.91. The molecular formula is C12H15BrO4. The number of Topliss-reactive ketones (excluding diaryl/α,β-unsaturated/α-hetero) is 1. The minimum absolute atomic E-state index is 0.0103. The molecule has 1 rings (SSSR count). The van der Waals surface area contributed by atoms with E-state index in [1.807, 2.05) is 0 Å². The largest absolute Gasteiger partial charge is 0.493 e. The molecule has 0 N–H and O–H groups in total. The van der Waals surface area contributed by atoms with Gasteiger partial charge in [-0.15, -0.1) is 0 Å². The highest BCUT2D eigenvalue weighted by atomic mass is 79.9. The van der Waals surface area contributed by atoms with Gasteiger partial charge in [0.05, 0.1) is 25.8 Å². The van der Waals surface area contributed by atoms with E-state index >= 15 is 0 Å². The second-order valence-electron chi connectivity index (χ2n) is 3.28. The Morgan fingerprint density at radius 3 is 2.18 bits per heavy atom. The van der Waals surface area contributed by atoms with Crippen molar-refractivity contribution in [1.29, 1.82) is 0 Å². The molecule has 1 aromatic carbocycles. The minimum Gasteiger partial charge on any atom is -0.493 e. The van der Waals surface area contributed by atoms with E-state index < -0.39 is 0 Å². The Kier molecular flexibility index (Phi) is 4.81. The van der Waals surface area contributed by atoms with Crippen LogP contribution in [0.15, 0.2) is 10.5 Å². The van der Waals surface area contributed by atoms with E-state index in [4.69, 9.17) is 14.2 Å². The molecule has 0 aromatic heterocycles. The quantitative estimate of drug-likeness (QED) is 0.784. The van der Waals surface area contributed by atoms with Crippen molar-refractivity contribution in [1.82, 2.24) is 0 Å². The highest BCUT2D eigenvalue weighted by molar-refractivity contribution is 9.10. The van der Waals surface area contributed by atoms with Gasteiger partial charge >= 0.3 is 0 Å². The lowest BCUT2D eigenvalue weighted by Gasteiger charge is -2.15. The van der Waals surface area contributed by atoms with Crippen molar-refractivity contribution in [3.63, 3.8) is 0 Å². The first kappa shape index (κ1) is 13.8. The van der Waals surface area contributed by atoms with Crippen molar-refractivity contribution in [2.45, 2.75) is 13.3 Å². The summed E-state index contributed by atoms with van der Waals surface area (Å²) in [5.74, 6) is 1.42. The minimum atomic E-state index is 0.0103. The zero-order valence-corrected chi connectivity index (χ0v) is 11.9. The lowest BCUT2D eigenvalue weighted by atomic mass is 10.1. The maximum absolute atomic E-state index is 11.8. The zero-order chi connectivity index (χ0) is 13.0. The molecule has 94 valence electrons. The zero-order valence-electron chi connectivity index (χ0n) is 10.3. The molecule has 0 atom stereocenters. The summed E-state index contributed by atoms with van der Waals surface area (Å²) >= 11 is 3.36. The van der Waals surface area contributed by atoms with Crippen LogP contribution in [0, 0.1) is 0 Å². The van der Waals surface area contributed by atoms with Gasteiger partial charge in [0.15, 0.2) is 17.3 Å². The molecule has 0 bridgehead atoms. The van der Waals surface area contributed by atoms with Crippen molar-refractivity contribution in [2.24, 2.45) is 0 Å². The van der Waals surface area contributed by atoms with E-state index in [1.165, 1.54) is 21.3 Å². The molecule has 4 nitrogen and oxygen atoms in total. The average Bonchev–Trinajstić information content (AvgIpc) is 2.36. The van der Waals surface area contributed by atoms with Gasteiger partial charge in [0, 0.05) is 12.0 Å². The second-order valence-corrected chi connectivity index (χ2v) is 4.08. The summed E-state index contributed by atoms with van der Waals surface area (Å²) in [6.45, 7) is 1.80. The molecule has 1 aromatic rings. The second kappa shape index (κ2) is 5.91. The molecule has 0 amide bonds. The van der Waals surface area contributed by atoms with Crippen LogP contribution in [-0.2, 0) is 0 Å². The number of carbonyl (C=O) groups excluding carboxylic acids is 1. The van der Waals surface area contributed by atoms with Crippen LogP contribution in [0.25, 0.3) is 0 Å². The van der Waals surface area contributed by atoms with E-state index in [-0.39, 0.29) is 5.78 Å². The fraction of sp³-hybridized carbons (Fsp3) is 0.417. The highest BCUT2D eigenvalue weighted by Crippen LogP contribution is 2.44. The van der Waals surface area contributed by atoms with Gasteiger partial charge in [-0.2, -0.15) is 0 Å². The Morgan fingerprint density at radius 2 is 1.76 bits per heavy atom. The lowest BCUT2D eigenvalue weighted by molar-refractivity contribution is 0.0986. The molecule has 17 heavy (non-hydrogen) atoms. The maximum Gasteiger partial charge on any atom is 0.204 e. The Hall–Kier alpha value is -1.23. The normalized spacial score (nSPS) is 9.94. The van der Waals surface area contributed by atoms with Crippen LogP contribution in [0.4, 0.5) is 0 Å². The standard InChI is InChI=1S/C12H15BrO4/c1-5-8(14)7-6-9(15-2)11(16-3)12(17-4)10(7)13/h6H,5H2,1-4H3. The summed E-state index contributed by atoms with van der Waals surface area (Å²) < 4.78 is 16.2. The van der Waals surface area contributed by atoms with Crippen LogP contribution >= 0.6 is 15.9 Å². The number of ketones is 1. The van der Waals surface area contributed by atoms with Crippen molar-refractivity contribution < 1.29 is 19.0 Å². The van der Waals surface area contributed by atoms with E-state index in [2.05, 4.69) is 15.9 Å². The van der Waals surface area contributed by atoms with Crippen LogP contribution < -0.4 is 14.2 Å². The van der Waals surface area contributed by atoms with Gasteiger partial charge in [-0.1, -0.05) is 6.92 Å². The number of hydrogen-bond donors (Lipinski definition) is 0. The summed E-state index contributed by atoms with van der Waals surface area (Å²) in [6.07, 6.45) is 0.414. The molecule has 0 spiro atoms. The van der Waals surface area contributed by atoms with Crippen LogP contribution in [0.1, 0.15) is 23.7 Å². The average molecular weight is 303 g/mol. The molecule has 0 unspecified atom stereocenters. The number of benzene rings is 1. The topological polar surface area (TPSA) is 44.8 Å². The molecule has 0 aliphatic rings. The van der Waals surface area contributed by atoms with Gasteiger partial charge in [0.2, 0.25) is 5.75 Å². The number of methoxy groups -OCH3 is 3. The van der Waals surface area contributed by atoms with Gasteiger partial charge in [0.25, 0.3) is 0 Å². The molecular weight excluding hydrogens is 288 g/mol. The Labute approximate surface area is 109 Å². The molecule has 0 radical (unpaired) electrons. The predicted octanol–water partition coefficient (Wildman–Crippen LogP) is 3.07. The lowest BCUT2D eigenvalue weighted by Crippen LogP contribution is -2.03. The number of halogens is 1. The predicted molar refractivity (Wildman–Crippen MR) is 68.4 cm³/mol. The third kappa shape index (κ3) is 2.54. The van der Waals surface area contributed by atoms with Crippen molar-refractivity contribution >= 4 is 21.7 Å². The number of hydrogen-bond acceptors (Lipinski definition) is 4. The number of carbonyl (C=O) groups is 1. The van der Waals surface area contributed by atoms with Crippen LogP contribution in [0.5, 0.6) is 17.2 Å². The van der Waals surface area contributed by atoms with Gasteiger partial charge in [-0.25, -0.2) is 0 Å². The Balaban J connectivity index is 3.50. The summed E-state index contributed by atoms with van der Waals surface area (Å²) in [5, 5.41) is 0. The van der Waals surface area contributed by atoms with Crippen LogP contribution in [0.3, 0.4) is 0 Å². The molecule has 0 fully saturated rings. The van der Waals surface area contributed by atoms with E-state index in [0.29, 0.717) is 33.7 Å². The Morgan fingerprint density at radius 1 is 1.18 bits per heavy atom. The molecule has 5 heteroatoms. The molecule has 0 saturated heterocycles. The van der Waals surface area contributed by atoms with Gasteiger partial charge in [0.1, 0.15) is 0 Å². The van der Waals surface area contributed by atoms with Crippen LogP contribution in [-0.4, -0.2) is 27.1 Å². The van der Waals surface area contributed by atoms with E-state index in [0.717, 1.165) is 0 Å². The molecule has 0 saturated carbocycles. The summed E-state index contributed by atoms with van der Waals surface area (Å²) in [6, 6.07) is 1.65. The monoisotopic (exact) mass is 302 g/mol. The smallest absolute Gasteiger partial charge is 0.204 e. The van der Waals surface area contributed by atoms with E-state index in [1.54, 1.807) is 13.0 Å². The van der Waals surface area contributed by atoms with Gasteiger partial charge < -0.3 is 14.2 Å².